The Morgan fingerprint density at radius 3 is 2.58 bits per heavy atom. The molecular formula is C21H29N3O2. The van der Waals surface area contributed by atoms with Crippen molar-refractivity contribution in [1.82, 2.24) is 9.91 Å². The number of carbonyl (C=O) groups excluding carboxylic acids is 2. The number of amides is 2. The lowest BCUT2D eigenvalue weighted by Gasteiger charge is -2.23. The van der Waals surface area contributed by atoms with Gasteiger partial charge in [-0.15, -0.1) is 0 Å². The van der Waals surface area contributed by atoms with Crippen LogP contribution in [-0.2, 0) is 9.59 Å². The molecule has 140 valence electrons. The van der Waals surface area contributed by atoms with Crippen LogP contribution >= 0.6 is 0 Å². The Bertz CT molecular complexity index is 665. The maximum Gasteiger partial charge on any atom is 0.243 e. The molecule has 26 heavy (non-hydrogen) atoms. The summed E-state index contributed by atoms with van der Waals surface area (Å²) in [6, 6.07) is 10.4. The Balaban J connectivity index is 1.50. The predicted molar refractivity (Wildman–Crippen MR) is 103 cm³/mol. The molecule has 0 aromatic heterocycles. The van der Waals surface area contributed by atoms with Crippen LogP contribution in [0.4, 0.5) is 0 Å². The first-order chi connectivity index (χ1) is 12.5. The zero-order chi connectivity index (χ0) is 18.5. The normalized spacial score (nSPS) is 16.7. The van der Waals surface area contributed by atoms with Gasteiger partial charge in [-0.25, -0.2) is 5.01 Å². The van der Waals surface area contributed by atoms with Gasteiger partial charge in [0.25, 0.3) is 0 Å². The molecule has 1 aromatic rings. The maximum atomic E-state index is 12.6. The lowest BCUT2D eigenvalue weighted by Crippen LogP contribution is -2.35. The van der Waals surface area contributed by atoms with Crippen molar-refractivity contribution in [2.75, 3.05) is 13.1 Å². The summed E-state index contributed by atoms with van der Waals surface area (Å²) in [5.74, 6) is 0.651. The molecule has 0 N–H and O–H groups in total. The molecule has 1 aliphatic heterocycles. The lowest BCUT2D eigenvalue weighted by atomic mass is 10.1. The third kappa shape index (κ3) is 4.93. The van der Waals surface area contributed by atoms with E-state index in [1.54, 1.807) is 0 Å². The van der Waals surface area contributed by atoms with Crippen LogP contribution in [0.25, 0.3) is 0 Å². The quantitative estimate of drug-likeness (QED) is 0.717. The number of rotatable bonds is 8. The largest absolute Gasteiger partial charge is 0.340 e. The molecule has 2 amide bonds. The van der Waals surface area contributed by atoms with Gasteiger partial charge in [0.1, 0.15) is 0 Å². The summed E-state index contributed by atoms with van der Waals surface area (Å²) < 4.78 is 0. The van der Waals surface area contributed by atoms with Gasteiger partial charge in [0.2, 0.25) is 11.8 Å². The van der Waals surface area contributed by atoms with Gasteiger partial charge < -0.3 is 4.90 Å². The molecule has 0 saturated heterocycles. The van der Waals surface area contributed by atoms with Crippen molar-refractivity contribution in [3.8, 4) is 0 Å². The lowest BCUT2D eigenvalue weighted by molar-refractivity contribution is -0.137. The minimum atomic E-state index is -0.0520. The fourth-order valence-corrected chi connectivity index (χ4v) is 3.25. The second-order valence-corrected chi connectivity index (χ2v) is 7.68. The molecule has 1 aliphatic carbocycles. The summed E-state index contributed by atoms with van der Waals surface area (Å²) in [6.45, 7) is 5.77. The highest BCUT2D eigenvalue weighted by molar-refractivity contribution is 6.02. The van der Waals surface area contributed by atoms with Gasteiger partial charge in [-0.1, -0.05) is 44.2 Å². The van der Waals surface area contributed by atoms with Crippen LogP contribution in [0.15, 0.2) is 35.4 Å². The summed E-state index contributed by atoms with van der Waals surface area (Å²) in [7, 11) is 0. The van der Waals surface area contributed by atoms with E-state index >= 15 is 0 Å². The van der Waals surface area contributed by atoms with E-state index in [1.165, 1.54) is 5.01 Å². The van der Waals surface area contributed by atoms with E-state index in [-0.39, 0.29) is 18.2 Å². The summed E-state index contributed by atoms with van der Waals surface area (Å²) >= 11 is 0. The van der Waals surface area contributed by atoms with Crippen molar-refractivity contribution in [1.29, 1.82) is 0 Å². The highest BCUT2D eigenvalue weighted by Crippen LogP contribution is 2.28. The summed E-state index contributed by atoms with van der Waals surface area (Å²) in [5, 5.41) is 6.00. The monoisotopic (exact) mass is 355 g/mol. The van der Waals surface area contributed by atoms with Gasteiger partial charge in [0.05, 0.1) is 12.3 Å². The van der Waals surface area contributed by atoms with Crippen LogP contribution in [0.5, 0.6) is 0 Å². The molecule has 0 radical (unpaired) electrons. The zero-order valence-corrected chi connectivity index (χ0v) is 15.9. The molecule has 1 aromatic carbocycles. The molecule has 1 fully saturated rings. The fraction of sp³-hybridized carbons (Fsp3) is 0.571. The SMILES string of the molecule is CC(C)CCN(C(=O)CCC(=O)N1CCC(c2ccccc2)=N1)C1CC1. The van der Waals surface area contributed by atoms with Crippen LogP contribution in [0.1, 0.15) is 57.9 Å². The van der Waals surface area contributed by atoms with Crippen molar-refractivity contribution in [2.24, 2.45) is 11.0 Å². The third-order valence-electron chi connectivity index (χ3n) is 5.00. The van der Waals surface area contributed by atoms with E-state index in [9.17, 15) is 9.59 Å². The molecule has 1 heterocycles. The Kier molecular flexibility index (Phi) is 6.07. The molecule has 0 bridgehead atoms. The van der Waals surface area contributed by atoms with E-state index in [0.29, 0.717) is 24.9 Å². The average Bonchev–Trinajstić information content (AvgIpc) is 3.35. The van der Waals surface area contributed by atoms with Crippen molar-refractivity contribution in [2.45, 2.75) is 58.4 Å². The van der Waals surface area contributed by atoms with Crippen molar-refractivity contribution >= 4 is 17.5 Å². The summed E-state index contributed by atoms with van der Waals surface area (Å²) in [6.07, 6.45) is 4.54. The van der Waals surface area contributed by atoms with Crippen LogP contribution < -0.4 is 0 Å². The minimum Gasteiger partial charge on any atom is -0.340 e. The molecular weight excluding hydrogens is 326 g/mol. The van der Waals surface area contributed by atoms with Crippen LogP contribution in [0.3, 0.4) is 0 Å². The number of benzene rings is 1. The number of nitrogens with zero attached hydrogens (tertiary/aromatic N) is 3. The first-order valence-corrected chi connectivity index (χ1v) is 9.77. The summed E-state index contributed by atoms with van der Waals surface area (Å²) in [4.78, 5) is 27.0. The Hall–Kier alpha value is -2.17. The molecule has 0 spiro atoms. The minimum absolute atomic E-state index is 0.0520. The first kappa shape index (κ1) is 18.6. The average molecular weight is 355 g/mol. The molecule has 1 saturated carbocycles. The van der Waals surface area contributed by atoms with E-state index in [2.05, 4.69) is 18.9 Å². The molecule has 5 nitrogen and oxygen atoms in total. The van der Waals surface area contributed by atoms with Gasteiger partial charge >= 0.3 is 0 Å². The number of hydrogen-bond acceptors (Lipinski definition) is 3. The standard InChI is InChI=1S/C21H29N3O2/c1-16(2)12-14-23(18-8-9-18)20(25)10-11-21(26)24-15-13-19(22-24)17-6-4-3-5-7-17/h3-7,16,18H,8-15H2,1-2H3. The van der Waals surface area contributed by atoms with Gasteiger partial charge in [-0.2, -0.15) is 5.10 Å². The molecule has 0 unspecified atom stereocenters. The van der Waals surface area contributed by atoms with Crippen LogP contribution in [0, 0.1) is 5.92 Å². The highest BCUT2D eigenvalue weighted by Gasteiger charge is 2.32. The molecule has 0 atom stereocenters. The van der Waals surface area contributed by atoms with Crippen molar-refractivity contribution in [3.63, 3.8) is 0 Å². The van der Waals surface area contributed by atoms with Crippen molar-refractivity contribution < 1.29 is 9.59 Å². The topological polar surface area (TPSA) is 53.0 Å². The summed E-state index contributed by atoms with van der Waals surface area (Å²) in [5.41, 5.74) is 2.01. The Morgan fingerprint density at radius 1 is 1.19 bits per heavy atom. The van der Waals surface area contributed by atoms with E-state index in [1.807, 2.05) is 35.2 Å². The Labute approximate surface area is 156 Å². The number of hydrazone groups is 1. The van der Waals surface area contributed by atoms with E-state index < -0.39 is 0 Å². The molecule has 5 heteroatoms. The smallest absolute Gasteiger partial charge is 0.243 e. The fourth-order valence-electron chi connectivity index (χ4n) is 3.25. The van der Waals surface area contributed by atoms with Gasteiger partial charge in [0.15, 0.2) is 0 Å². The van der Waals surface area contributed by atoms with Crippen molar-refractivity contribution in [3.05, 3.63) is 35.9 Å². The van der Waals surface area contributed by atoms with Gasteiger partial charge in [-0.05, 0) is 30.7 Å². The van der Waals surface area contributed by atoms with Crippen LogP contribution in [0.2, 0.25) is 0 Å². The highest BCUT2D eigenvalue weighted by atomic mass is 16.2. The molecule has 2 aliphatic rings. The van der Waals surface area contributed by atoms with E-state index in [0.717, 1.165) is 43.5 Å². The third-order valence-corrected chi connectivity index (χ3v) is 5.00. The molecule has 3 rings (SSSR count). The second kappa shape index (κ2) is 8.47. The maximum absolute atomic E-state index is 12.6. The van der Waals surface area contributed by atoms with Gasteiger partial charge in [-0.3, -0.25) is 9.59 Å². The zero-order valence-electron chi connectivity index (χ0n) is 15.9. The predicted octanol–water partition coefficient (Wildman–Crippen LogP) is 3.44. The van der Waals surface area contributed by atoms with E-state index in [4.69, 9.17) is 0 Å². The second-order valence-electron chi connectivity index (χ2n) is 7.68. The Morgan fingerprint density at radius 2 is 1.92 bits per heavy atom. The number of hydrogen-bond donors (Lipinski definition) is 0. The van der Waals surface area contributed by atoms with Crippen LogP contribution in [-0.4, -0.2) is 46.6 Å². The first-order valence-electron chi connectivity index (χ1n) is 9.77. The number of carbonyl (C=O) groups is 2. The van der Waals surface area contributed by atoms with Gasteiger partial charge in [0, 0.05) is 31.8 Å².